The Hall–Kier alpha value is -2.21. The summed E-state index contributed by atoms with van der Waals surface area (Å²) in [5.41, 5.74) is 7.10. The molecule has 2 heterocycles. The minimum absolute atomic E-state index is 0.0298. The lowest BCUT2D eigenvalue weighted by molar-refractivity contribution is -0.140. The molecule has 1 saturated carbocycles. The number of nitrogens with one attached hydrogen (secondary N) is 1. The molecular formula is C21H29N5O. The van der Waals surface area contributed by atoms with Crippen LogP contribution in [0.3, 0.4) is 0 Å². The molecule has 27 heavy (non-hydrogen) atoms. The molecule has 1 saturated heterocycles. The Morgan fingerprint density at radius 1 is 1.19 bits per heavy atom. The second kappa shape index (κ2) is 7.43. The molecule has 1 aromatic carbocycles. The first-order valence-corrected chi connectivity index (χ1v) is 10.1. The van der Waals surface area contributed by atoms with Gasteiger partial charge < -0.3 is 10.6 Å². The van der Waals surface area contributed by atoms with E-state index < -0.39 is 0 Å². The van der Waals surface area contributed by atoms with Crippen molar-refractivity contribution in [1.82, 2.24) is 20.1 Å². The molecule has 2 aromatic rings. The average Bonchev–Trinajstić information content (AvgIpc) is 3.18. The minimum atomic E-state index is -0.359. The summed E-state index contributed by atoms with van der Waals surface area (Å²) >= 11 is 0. The number of H-pyrrole nitrogens is 1. The molecule has 3 N–H and O–H groups in total. The molecule has 2 atom stereocenters. The summed E-state index contributed by atoms with van der Waals surface area (Å²) in [6.45, 7) is 3.59. The van der Waals surface area contributed by atoms with Crippen LogP contribution in [0.25, 0.3) is 11.4 Å². The summed E-state index contributed by atoms with van der Waals surface area (Å²) < 4.78 is 0. The van der Waals surface area contributed by atoms with Crippen LogP contribution in [-0.2, 0) is 4.79 Å². The van der Waals surface area contributed by atoms with Crippen molar-refractivity contribution < 1.29 is 4.79 Å². The normalized spacial score (nSPS) is 26.9. The molecule has 6 heteroatoms. The number of benzene rings is 1. The monoisotopic (exact) mass is 367 g/mol. The molecule has 2 aliphatic rings. The molecule has 4 rings (SSSR count). The zero-order valence-corrected chi connectivity index (χ0v) is 16.0. The van der Waals surface area contributed by atoms with Crippen LogP contribution in [0.5, 0.6) is 0 Å². The highest BCUT2D eigenvalue weighted by Crippen LogP contribution is 2.35. The van der Waals surface area contributed by atoms with E-state index in [4.69, 9.17) is 10.7 Å². The lowest BCUT2D eigenvalue weighted by atomic mass is 9.73. The highest BCUT2D eigenvalue weighted by atomic mass is 16.2. The van der Waals surface area contributed by atoms with Crippen molar-refractivity contribution in [2.24, 2.45) is 11.7 Å². The van der Waals surface area contributed by atoms with Crippen molar-refractivity contribution in [3.8, 4) is 11.4 Å². The molecule has 1 aromatic heterocycles. The minimum Gasteiger partial charge on any atom is -0.342 e. The molecule has 2 fully saturated rings. The number of amides is 1. The van der Waals surface area contributed by atoms with Gasteiger partial charge in [0, 0.05) is 30.1 Å². The predicted octanol–water partition coefficient (Wildman–Crippen LogP) is 3.09. The van der Waals surface area contributed by atoms with Crippen LogP contribution in [0.1, 0.15) is 57.2 Å². The summed E-state index contributed by atoms with van der Waals surface area (Å²) in [6.07, 6.45) is 5.95. The molecule has 2 unspecified atom stereocenters. The van der Waals surface area contributed by atoms with Crippen molar-refractivity contribution >= 4 is 5.91 Å². The molecule has 1 aliphatic carbocycles. The first-order chi connectivity index (χ1) is 13.0. The van der Waals surface area contributed by atoms with Crippen molar-refractivity contribution in [2.75, 3.05) is 13.1 Å². The van der Waals surface area contributed by atoms with Gasteiger partial charge >= 0.3 is 0 Å². The molecule has 1 aliphatic heterocycles. The first-order valence-electron chi connectivity index (χ1n) is 10.1. The van der Waals surface area contributed by atoms with Gasteiger partial charge in [-0.2, -0.15) is 5.10 Å². The van der Waals surface area contributed by atoms with E-state index in [1.54, 1.807) is 0 Å². The number of nitrogens with two attached hydrogens (primary N) is 1. The zero-order valence-electron chi connectivity index (χ0n) is 16.0. The molecule has 0 bridgehead atoms. The predicted molar refractivity (Wildman–Crippen MR) is 105 cm³/mol. The van der Waals surface area contributed by atoms with E-state index in [1.165, 1.54) is 0 Å². The maximum Gasteiger partial charge on any atom is 0.227 e. The van der Waals surface area contributed by atoms with Crippen molar-refractivity contribution in [3.05, 3.63) is 36.2 Å². The highest BCUT2D eigenvalue weighted by Gasteiger charge is 2.40. The topological polar surface area (TPSA) is 87.9 Å². The first kappa shape index (κ1) is 18.2. The number of carbonyl (C=O) groups excluding carboxylic acids is 1. The van der Waals surface area contributed by atoms with Crippen molar-refractivity contribution in [2.45, 2.75) is 56.9 Å². The lowest BCUT2D eigenvalue weighted by Crippen LogP contribution is -2.54. The fourth-order valence-electron chi connectivity index (χ4n) is 4.53. The summed E-state index contributed by atoms with van der Waals surface area (Å²) in [7, 11) is 0. The van der Waals surface area contributed by atoms with E-state index >= 15 is 0 Å². The van der Waals surface area contributed by atoms with E-state index in [1.807, 2.05) is 42.2 Å². The number of rotatable bonds is 3. The van der Waals surface area contributed by atoms with Crippen molar-refractivity contribution in [1.29, 1.82) is 0 Å². The average molecular weight is 367 g/mol. The highest BCUT2D eigenvalue weighted by molar-refractivity contribution is 5.80. The van der Waals surface area contributed by atoms with Gasteiger partial charge in [-0.15, -0.1) is 0 Å². The summed E-state index contributed by atoms with van der Waals surface area (Å²) in [5.74, 6) is 2.22. The van der Waals surface area contributed by atoms with E-state index in [-0.39, 0.29) is 17.4 Å². The second-order valence-electron chi connectivity index (χ2n) is 8.31. The number of nitrogens with zero attached hydrogens (tertiary/aromatic N) is 3. The van der Waals surface area contributed by atoms with Crippen LogP contribution in [0, 0.1) is 5.92 Å². The molecule has 144 valence electrons. The van der Waals surface area contributed by atoms with E-state index in [2.05, 4.69) is 10.2 Å². The molecule has 6 nitrogen and oxygen atoms in total. The third kappa shape index (κ3) is 3.76. The van der Waals surface area contributed by atoms with Gasteiger partial charge in [0.25, 0.3) is 0 Å². The van der Waals surface area contributed by atoms with E-state index in [0.717, 1.165) is 68.8 Å². The van der Waals surface area contributed by atoms with E-state index in [9.17, 15) is 4.79 Å². The van der Waals surface area contributed by atoms with Crippen LogP contribution >= 0.6 is 0 Å². The number of aromatic nitrogens is 3. The number of hydrogen-bond acceptors (Lipinski definition) is 4. The Labute approximate surface area is 160 Å². The van der Waals surface area contributed by atoms with Gasteiger partial charge in [-0.25, -0.2) is 4.98 Å². The van der Waals surface area contributed by atoms with Gasteiger partial charge in [0.2, 0.25) is 5.91 Å². The summed E-state index contributed by atoms with van der Waals surface area (Å²) in [4.78, 5) is 19.7. The number of likely N-dealkylation sites (tertiary alicyclic amines) is 1. The van der Waals surface area contributed by atoms with Crippen LogP contribution < -0.4 is 5.73 Å². The number of aromatic amines is 1. The van der Waals surface area contributed by atoms with Gasteiger partial charge in [-0.3, -0.25) is 9.89 Å². The van der Waals surface area contributed by atoms with Crippen LogP contribution in [0.15, 0.2) is 30.3 Å². The summed E-state index contributed by atoms with van der Waals surface area (Å²) in [5, 5.41) is 7.48. The molecular weight excluding hydrogens is 338 g/mol. The quantitative estimate of drug-likeness (QED) is 0.872. The maximum atomic E-state index is 13.0. The van der Waals surface area contributed by atoms with Gasteiger partial charge in [0.1, 0.15) is 5.82 Å². The van der Waals surface area contributed by atoms with E-state index in [0.29, 0.717) is 5.92 Å². The van der Waals surface area contributed by atoms with Crippen LogP contribution in [0.2, 0.25) is 0 Å². The number of piperidine rings is 1. The largest absolute Gasteiger partial charge is 0.342 e. The Balaban J connectivity index is 1.38. The second-order valence-corrected chi connectivity index (χ2v) is 8.31. The molecule has 1 amide bonds. The van der Waals surface area contributed by atoms with Crippen LogP contribution in [0.4, 0.5) is 0 Å². The third-order valence-corrected chi connectivity index (χ3v) is 6.28. The SMILES string of the molecule is CC1(N)CCCCC1C(=O)N1CCC(c2nc(-c3ccccc3)n[nH]2)CC1. The Morgan fingerprint density at radius 2 is 1.93 bits per heavy atom. The standard InChI is InChI=1S/C21H29N5O/c1-21(22)12-6-5-9-17(21)20(27)26-13-10-16(11-14-26)19-23-18(24-25-19)15-7-3-2-4-8-15/h2-4,7-8,16-17H,5-6,9-14,22H2,1H3,(H,23,24,25). The van der Waals surface area contributed by atoms with Crippen LogP contribution in [-0.4, -0.2) is 44.6 Å². The third-order valence-electron chi connectivity index (χ3n) is 6.28. The van der Waals surface area contributed by atoms with Gasteiger partial charge in [-0.05, 0) is 32.6 Å². The van der Waals surface area contributed by atoms with Crippen molar-refractivity contribution in [3.63, 3.8) is 0 Å². The fourth-order valence-corrected chi connectivity index (χ4v) is 4.53. The Morgan fingerprint density at radius 3 is 2.63 bits per heavy atom. The maximum absolute atomic E-state index is 13.0. The number of hydrogen-bond donors (Lipinski definition) is 2. The smallest absolute Gasteiger partial charge is 0.227 e. The zero-order chi connectivity index (χ0) is 18.9. The van der Waals surface area contributed by atoms with Gasteiger partial charge in [-0.1, -0.05) is 43.2 Å². The molecule has 0 spiro atoms. The molecule has 0 radical (unpaired) electrons. The number of carbonyl (C=O) groups is 1. The lowest BCUT2D eigenvalue weighted by Gasteiger charge is -2.41. The van der Waals surface area contributed by atoms with Gasteiger partial charge in [0.05, 0.1) is 5.92 Å². The Bertz CT molecular complexity index is 777. The van der Waals surface area contributed by atoms with Gasteiger partial charge in [0.15, 0.2) is 5.82 Å². The summed E-state index contributed by atoms with van der Waals surface area (Å²) in [6, 6.07) is 10.0. The fraction of sp³-hybridized carbons (Fsp3) is 0.571. The Kier molecular flexibility index (Phi) is 5.00.